The number of anilines is 1. The van der Waals surface area contributed by atoms with Crippen LogP contribution in [0.4, 0.5) is 5.69 Å². The molecule has 0 aliphatic heterocycles. The lowest BCUT2D eigenvalue weighted by Crippen LogP contribution is -2.07. The quantitative estimate of drug-likeness (QED) is 0.693. The Morgan fingerprint density at radius 3 is 2.92 bits per heavy atom. The maximum absolute atomic E-state index is 11.2. The van der Waals surface area contributed by atoms with Crippen molar-refractivity contribution in [3.63, 3.8) is 0 Å². The molecule has 0 aromatic carbocycles. The van der Waals surface area contributed by atoms with E-state index in [1.165, 1.54) is 6.20 Å². The van der Waals surface area contributed by atoms with E-state index in [-0.39, 0.29) is 0 Å². The molecule has 1 aromatic rings. The Labute approximate surface area is 76.7 Å². The van der Waals surface area contributed by atoms with Crippen molar-refractivity contribution in [2.75, 3.05) is 12.3 Å². The molecule has 0 amide bonds. The van der Waals surface area contributed by atoms with Gasteiger partial charge in [0.05, 0.1) is 18.5 Å². The molecule has 0 unspecified atom stereocenters. The number of aromatic nitrogens is 1. The van der Waals surface area contributed by atoms with Gasteiger partial charge in [-0.1, -0.05) is 0 Å². The molecule has 0 radical (unpaired) electrons. The molecule has 0 aliphatic carbocycles. The summed E-state index contributed by atoms with van der Waals surface area (Å²) < 4.78 is 4.78. The van der Waals surface area contributed by atoms with E-state index in [2.05, 4.69) is 4.98 Å². The van der Waals surface area contributed by atoms with Crippen LogP contribution in [0.1, 0.15) is 23.0 Å². The Kier molecular flexibility index (Phi) is 2.84. The Bertz CT molecular complexity index is 323. The van der Waals surface area contributed by atoms with E-state index in [9.17, 15) is 4.79 Å². The van der Waals surface area contributed by atoms with Crippen LogP contribution in [0.5, 0.6) is 0 Å². The number of nitrogen functional groups attached to an aromatic ring is 1. The Hall–Kier alpha value is -1.58. The third-order valence-corrected chi connectivity index (χ3v) is 1.64. The molecule has 0 spiro atoms. The summed E-state index contributed by atoms with van der Waals surface area (Å²) in [6, 6.07) is 1.62. The summed E-state index contributed by atoms with van der Waals surface area (Å²) in [7, 11) is 0. The van der Waals surface area contributed by atoms with Gasteiger partial charge in [-0.05, 0) is 25.5 Å². The first-order chi connectivity index (χ1) is 6.15. The van der Waals surface area contributed by atoms with Crippen LogP contribution >= 0.6 is 0 Å². The minimum absolute atomic E-state index is 0.300. The summed E-state index contributed by atoms with van der Waals surface area (Å²) in [6.45, 7) is 3.92. The van der Waals surface area contributed by atoms with Gasteiger partial charge < -0.3 is 10.5 Å². The van der Waals surface area contributed by atoms with Crippen molar-refractivity contribution in [2.24, 2.45) is 0 Å². The Balaban J connectivity index is 2.90. The molecule has 70 valence electrons. The number of rotatable bonds is 2. The van der Waals surface area contributed by atoms with Crippen LogP contribution in [0.25, 0.3) is 0 Å². The van der Waals surface area contributed by atoms with E-state index in [4.69, 9.17) is 10.5 Å². The van der Waals surface area contributed by atoms with Crippen molar-refractivity contribution in [2.45, 2.75) is 13.8 Å². The summed E-state index contributed by atoms with van der Waals surface area (Å²) in [5.74, 6) is -0.411. The summed E-state index contributed by atoms with van der Waals surface area (Å²) >= 11 is 0. The molecule has 0 fully saturated rings. The van der Waals surface area contributed by atoms with E-state index in [0.29, 0.717) is 18.0 Å². The van der Waals surface area contributed by atoms with Crippen molar-refractivity contribution in [1.29, 1.82) is 0 Å². The number of carbonyl (C=O) groups is 1. The van der Waals surface area contributed by atoms with Crippen LogP contribution in [-0.4, -0.2) is 17.6 Å². The van der Waals surface area contributed by atoms with E-state index < -0.39 is 5.97 Å². The van der Waals surface area contributed by atoms with Gasteiger partial charge >= 0.3 is 5.97 Å². The molecule has 1 aromatic heterocycles. The first kappa shape index (κ1) is 9.51. The monoisotopic (exact) mass is 180 g/mol. The molecular formula is C9H12N2O2. The number of nitrogens with zero attached hydrogens (tertiary/aromatic N) is 1. The minimum atomic E-state index is -0.411. The van der Waals surface area contributed by atoms with Gasteiger partial charge in [-0.2, -0.15) is 0 Å². The SMILES string of the molecule is CCOC(=O)c1cc(C)c(N)cn1. The number of hydrogen-bond donors (Lipinski definition) is 1. The third-order valence-electron chi connectivity index (χ3n) is 1.64. The van der Waals surface area contributed by atoms with Gasteiger partial charge in [0, 0.05) is 0 Å². The second-order valence-electron chi connectivity index (χ2n) is 2.65. The standard InChI is InChI=1S/C9H12N2O2/c1-3-13-9(12)8-4-6(2)7(10)5-11-8/h4-5H,3,10H2,1-2H3. The minimum Gasteiger partial charge on any atom is -0.461 e. The van der Waals surface area contributed by atoms with Gasteiger partial charge in [0.1, 0.15) is 5.69 Å². The molecular weight excluding hydrogens is 168 g/mol. The lowest BCUT2D eigenvalue weighted by Gasteiger charge is -2.03. The molecule has 4 heteroatoms. The number of ether oxygens (including phenoxy) is 1. The van der Waals surface area contributed by atoms with Crippen LogP contribution in [0, 0.1) is 6.92 Å². The highest BCUT2D eigenvalue weighted by Gasteiger charge is 2.08. The molecule has 1 heterocycles. The van der Waals surface area contributed by atoms with Crippen LogP contribution in [0.3, 0.4) is 0 Å². The van der Waals surface area contributed by atoms with Gasteiger partial charge in [0.25, 0.3) is 0 Å². The van der Waals surface area contributed by atoms with Crippen molar-refractivity contribution < 1.29 is 9.53 Å². The number of esters is 1. The van der Waals surface area contributed by atoms with Crippen molar-refractivity contribution >= 4 is 11.7 Å². The largest absolute Gasteiger partial charge is 0.461 e. The number of nitrogens with two attached hydrogens (primary N) is 1. The van der Waals surface area contributed by atoms with E-state index in [1.807, 2.05) is 6.92 Å². The van der Waals surface area contributed by atoms with E-state index in [0.717, 1.165) is 5.56 Å². The van der Waals surface area contributed by atoms with Crippen molar-refractivity contribution in [1.82, 2.24) is 4.98 Å². The molecule has 0 atom stereocenters. The summed E-state index contributed by atoms with van der Waals surface area (Å²) in [4.78, 5) is 15.0. The number of carbonyl (C=O) groups excluding carboxylic acids is 1. The summed E-state index contributed by atoms with van der Waals surface area (Å²) in [5.41, 5.74) is 7.26. The smallest absolute Gasteiger partial charge is 0.356 e. The first-order valence-corrected chi connectivity index (χ1v) is 4.04. The molecule has 1 rings (SSSR count). The Morgan fingerprint density at radius 1 is 1.69 bits per heavy atom. The van der Waals surface area contributed by atoms with Gasteiger partial charge in [-0.3, -0.25) is 0 Å². The number of hydrogen-bond acceptors (Lipinski definition) is 4. The molecule has 0 saturated carbocycles. The molecule has 0 bridgehead atoms. The van der Waals surface area contributed by atoms with Gasteiger partial charge in [0.2, 0.25) is 0 Å². The lowest BCUT2D eigenvalue weighted by molar-refractivity contribution is 0.0519. The zero-order valence-electron chi connectivity index (χ0n) is 7.70. The average Bonchev–Trinajstić information content (AvgIpc) is 2.10. The van der Waals surface area contributed by atoms with Gasteiger partial charge in [-0.15, -0.1) is 0 Å². The first-order valence-electron chi connectivity index (χ1n) is 4.04. The molecule has 0 aliphatic rings. The second-order valence-corrected chi connectivity index (χ2v) is 2.65. The van der Waals surface area contributed by atoms with Crippen LogP contribution in [0.15, 0.2) is 12.3 Å². The van der Waals surface area contributed by atoms with E-state index in [1.54, 1.807) is 13.0 Å². The fourth-order valence-corrected chi connectivity index (χ4v) is 0.883. The van der Waals surface area contributed by atoms with Gasteiger partial charge in [0.15, 0.2) is 0 Å². The normalized spacial score (nSPS) is 9.69. The summed E-state index contributed by atoms with van der Waals surface area (Å²) in [6.07, 6.45) is 1.46. The highest BCUT2D eigenvalue weighted by Crippen LogP contribution is 2.10. The maximum atomic E-state index is 11.2. The molecule has 4 nitrogen and oxygen atoms in total. The predicted molar refractivity (Wildman–Crippen MR) is 49.3 cm³/mol. The Morgan fingerprint density at radius 2 is 2.38 bits per heavy atom. The average molecular weight is 180 g/mol. The van der Waals surface area contributed by atoms with Crippen LogP contribution in [0.2, 0.25) is 0 Å². The van der Waals surface area contributed by atoms with Gasteiger partial charge in [-0.25, -0.2) is 9.78 Å². The fraction of sp³-hybridized carbons (Fsp3) is 0.333. The highest BCUT2D eigenvalue weighted by atomic mass is 16.5. The van der Waals surface area contributed by atoms with Crippen molar-refractivity contribution in [3.8, 4) is 0 Å². The second kappa shape index (κ2) is 3.89. The van der Waals surface area contributed by atoms with E-state index >= 15 is 0 Å². The van der Waals surface area contributed by atoms with Crippen LogP contribution < -0.4 is 5.73 Å². The number of aryl methyl sites for hydroxylation is 1. The number of pyridine rings is 1. The van der Waals surface area contributed by atoms with Crippen molar-refractivity contribution in [3.05, 3.63) is 23.5 Å². The highest BCUT2D eigenvalue weighted by molar-refractivity contribution is 5.87. The predicted octanol–water partition coefficient (Wildman–Crippen LogP) is 1.15. The summed E-state index contributed by atoms with van der Waals surface area (Å²) in [5, 5.41) is 0. The fourth-order valence-electron chi connectivity index (χ4n) is 0.883. The third kappa shape index (κ3) is 2.18. The molecule has 13 heavy (non-hydrogen) atoms. The topological polar surface area (TPSA) is 65.2 Å². The molecule has 0 saturated heterocycles. The molecule has 2 N–H and O–H groups in total. The maximum Gasteiger partial charge on any atom is 0.356 e. The zero-order chi connectivity index (χ0) is 9.84. The lowest BCUT2D eigenvalue weighted by atomic mass is 10.2. The zero-order valence-corrected chi connectivity index (χ0v) is 7.70. The van der Waals surface area contributed by atoms with Crippen LogP contribution in [-0.2, 0) is 4.74 Å².